The molecule has 35 heavy (non-hydrogen) atoms. The van der Waals surface area contributed by atoms with Gasteiger partial charge in [-0.15, -0.1) is 0 Å². The van der Waals surface area contributed by atoms with Crippen LogP contribution in [0.25, 0.3) is 0 Å². The SMILES string of the molecule is CC(C)c1cc(C(C)C)c(C(c2c(C(C)C)cccc2C(C)C)S(=O)(=O)OC(N)=O)c(C(C)C)c1. The molecule has 2 aromatic carbocycles. The van der Waals surface area contributed by atoms with Crippen molar-refractivity contribution in [1.82, 2.24) is 0 Å². The van der Waals surface area contributed by atoms with Gasteiger partial charge in [-0.3, -0.25) is 0 Å². The molecule has 0 bridgehead atoms. The van der Waals surface area contributed by atoms with Gasteiger partial charge in [0, 0.05) is 0 Å². The Bertz CT molecular complexity index is 1110. The molecule has 1 atom stereocenters. The van der Waals surface area contributed by atoms with Crippen molar-refractivity contribution in [2.24, 2.45) is 5.73 Å². The Hall–Kier alpha value is -2.34. The van der Waals surface area contributed by atoms with Crippen molar-refractivity contribution in [2.75, 3.05) is 0 Å². The van der Waals surface area contributed by atoms with Gasteiger partial charge in [0.25, 0.3) is 0 Å². The molecular weight excluding hydrogens is 458 g/mol. The number of primary amides is 1. The number of hydrogen-bond donors (Lipinski definition) is 1. The number of carbonyl (C=O) groups excluding carboxylic acids is 1. The first-order valence-corrected chi connectivity index (χ1v) is 14.1. The molecule has 0 aliphatic rings. The van der Waals surface area contributed by atoms with E-state index in [9.17, 15) is 13.2 Å². The molecule has 2 rings (SSSR count). The predicted octanol–water partition coefficient (Wildman–Crippen LogP) is 7.82. The van der Waals surface area contributed by atoms with E-state index in [4.69, 9.17) is 9.92 Å². The third-order valence-electron chi connectivity index (χ3n) is 6.61. The number of hydrogen-bond acceptors (Lipinski definition) is 4. The van der Waals surface area contributed by atoms with Crippen LogP contribution in [0.3, 0.4) is 0 Å². The molecule has 5 nitrogen and oxygen atoms in total. The van der Waals surface area contributed by atoms with Crippen LogP contribution in [-0.2, 0) is 14.3 Å². The fourth-order valence-corrected chi connectivity index (χ4v) is 6.27. The van der Waals surface area contributed by atoms with E-state index in [1.165, 1.54) is 0 Å². The second-order valence-corrected chi connectivity index (χ2v) is 12.6. The molecule has 0 spiro atoms. The quantitative estimate of drug-likeness (QED) is 0.355. The minimum Gasteiger partial charge on any atom is -0.334 e. The van der Waals surface area contributed by atoms with E-state index < -0.39 is 21.5 Å². The molecule has 0 fully saturated rings. The van der Waals surface area contributed by atoms with Crippen LogP contribution in [0.1, 0.15) is 143 Å². The van der Waals surface area contributed by atoms with Crippen LogP contribution in [0.4, 0.5) is 4.79 Å². The van der Waals surface area contributed by atoms with Gasteiger partial charge in [-0.2, -0.15) is 8.42 Å². The maximum absolute atomic E-state index is 13.9. The lowest BCUT2D eigenvalue weighted by molar-refractivity contribution is 0.212. The minimum atomic E-state index is -4.46. The molecule has 0 aliphatic heterocycles. The second kappa shape index (κ2) is 11.2. The second-order valence-electron chi connectivity index (χ2n) is 11.0. The highest BCUT2D eigenvalue weighted by Gasteiger charge is 2.40. The first-order valence-electron chi connectivity index (χ1n) is 12.6. The van der Waals surface area contributed by atoms with E-state index in [-0.39, 0.29) is 29.6 Å². The highest BCUT2D eigenvalue weighted by atomic mass is 32.2. The van der Waals surface area contributed by atoms with Crippen molar-refractivity contribution < 1.29 is 17.4 Å². The molecule has 1 amide bonds. The van der Waals surface area contributed by atoms with E-state index in [0.717, 1.165) is 27.8 Å². The molecule has 0 saturated heterocycles. The monoisotopic (exact) mass is 501 g/mol. The Balaban J connectivity index is 3.21. The van der Waals surface area contributed by atoms with Crippen LogP contribution in [0.15, 0.2) is 30.3 Å². The molecular formula is C29H43NO4S. The zero-order chi connectivity index (χ0) is 26.8. The summed E-state index contributed by atoms with van der Waals surface area (Å²) >= 11 is 0. The van der Waals surface area contributed by atoms with Crippen molar-refractivity contribution in [1.29, 1.82) is 0 Å². The van der Waals surface area contributed by atoms with Crippen LogP contribution >= 0.6 is 0 Å². The van der Waals surface area contributed by atoms with Gasteiger partial charge in [0.05, 0.1) is 0 Å². The maximum atomic E-state index is 13.9. The highest BCUT2D eigenvalue weighted by Crippen LogP contribution is 2.46. The van der Waals surface area contributed by atoms with Crippen LogP contribution < -0.4 is 5.73 Å². The fraction of sp³-hybridized carbons (Fsp3) is 0.552. The number of benzene rings is 2. The molecule has 0 aliphatic carbocycles. The predicted molar refractivity (Wildman–Crippen MR) is 145 cm³/mol. The lowest BCUT2D eigenvalue weighted by Gasteiger charge is -2.31. The van der Waals surface area contributed by atoms with Gasteiger partial charge in [-0.25, -0.2) is 4.79 Å². The van der Waals surface area contributed by atoms with Crippen LogP contribution in [0.2, 0.25) is 0 Å². The Morgan fingerprint density at radius 2 is 1.06 bits per heavy atom. The zero-order valence-electron chi connectivity index (χ0n) is 23.0. The van der Waals surface area contributed by atoms with Crippen LogP contribution in [0, 0.1) is 0 Å². The van der Waals surface area contributed by atoms with Crippen molar-refractivity contribution in [2.45, 2.75) is 104 Å². The third-order valence-corrected chi connectivity index (χ3v) is 8.05. The molecule has 2 N–H and O–H groups in total. The summed E-state index contributed by atoms with van der Waals surface area (Å²) in [5.41, 5.74) is 11.6. The summed E-state index contributed by atoms with van der Waals surface area (Å²) in [4.78, 5) is 11.8. The summed E-state index contributed by atoms with van der Waals surface area (Å²) in [6.07, 6.45) is -1.32. The molecule has 6 heteroatoms. The average molecular weight is 502 g/mol. The molecule has 0 saturated carbocycles. The van der Waals surface area contributed by atoms with E-state index >= 15 is 0 Å². The van der Waals surface area contributed by atoms with Gasteiger partial charge >= 0.3 is 16.2 Å². The molecule has 194 valence electrons. The Morgan fingerprint density at radius 1 is 0.686 bits per heavy atom. The first kappa shape index (κ1) is 28.9. The molecule has 1 unspecified atom stereocenters. The molecule has 2 aromatic rings. The van der Waals surface area contributed by atoms with E-state index in [2.05, 4.69) is 81.4 Å². The van der Waals surface area contributed by atoms with Gasteiger partial charge in [-0.05, 0) is 68.5 Å². The zero-order valence-corrected chi connectivity index (χ0v) is 23.8. The summed E-state index contributed by atoms with van der Waals surface area (Å²) in [7, 11) is -4.46. The van der Waals surface area contributed by atoms with Crippen molar-refractivity contribution in [3.8, 4) is 0 Å². The fourth-order valence-electron chi connectivity index (χ4n) is 4.82. The summed E-state index contributed by atoms with van der Waals surface area (Å²) in [6.45, 7) is 20.8. The highest BCUT2D eigenvalue weighted by molar-refractivity contribution is 7.87. The number of nitrogens with two attached hydrogens (primary N) is 1. The summed E-state index contributed by atoms with van der Waals surface area (Å²) in [6, 6.07) is 10.2. The Kier molecular flexibility index (Phi) is 9.21. The third kappa shape index (κ3) is 6.27. The van der Waals surface area contributed by atoms with Crippen molar-refractivity contribution in [3.05, 3.63) is 69.3 Å². The lowest BCUT2D eigenvalue weighted by atomic mass is 9.78. The first-order chi connectivity index (χ1) is 16.1. The van der Waals surface area contributed by atoms with Gasteiger partial charge in [-0.1, -0.05) is 99.6 Å². The summed E-state index contributed by atoms with van der Waals surface area (Å²) in [5, 5.41) is -1.18. The minimum absolute atomic E-state index is 0.0567. The Morgan fingerprint density at radius 3 is 1.37 bits per heavy atom. The largest absolute Gasteiger partial charge is 0.420 e. The lowest BCUT2D eigenvalue weighted by Crippen LogP contribution is -2.28. The topological polar surface area (TPSA) is 86.5 Å². The Labute approximate surface area is 212 Å². The average Bonchev–Trinajstić information content (AvgIpc) is 2.71. The molecule has 0 heterocycles. The van der Waals surface area contributed by atoms with Gasteiger partial charge < -0.3 is 9.92 Å². The van der Waals surface area contributed by atoms with Crippen molar-refractivity contribution in [3.63, 3.8) is 0 Å². The van der Waals surface area contributed by atoms with Crippen LogP contribution in [-0.4, -0.2) is 14.5 Å². The van der Waals surface area contributed by atoms with Crippen LogP contribution in [0.5, 0.6) is 0 Å². The normalized spacial score (nSPS) is 13.3. The van der Waals surface area contributed by atoms with Gasteiger partial charge in [0.15, 0.2) is 0 Å². The summed E-state index contributed by atoms with van der Waals surface area (Å²) < 4.78 is 32.8. The smallest absolute Gasteiger partial charge is 0.334 e. The number of rotatable bonds is 9. The standard InChI is InChI=1S/C29H43NO4S/c1-16(2)21-14-24(19(7)8)27(25(15-21)20(9)10)28(35(32,33)34-29(30)31)26-22(17(3)4)12-11-13-23(26)18(5)6/h11-20,28H,1-10H3,(H2,30,31). The van der Waals surface area contributed by atoms with Gasteiger partial charge in [0.2, 0.25) is 0 Å². The van der Waals surface area contributed by atoms with E-state index in [1.54, 1.807) is 0 Å². The van der Waals surface area contributed by atoms with Gasteiger partial charge in [0.1, 0.15) is 5.25 Å². The maximum Gasteiger partial charge on any atom is 0.420 e. The molecule has 0 radical (unpaired) electrons. The number of amides is 1. The summed E-state index contributed by atoms with van der Waals surface area (Å²) in [5.74, 6) is 0.525. The van der Waals surface area contributed by atoms with Crippen molar-refractivity contribution >= 4 is 16.2 Å². The van der Waals surface area contributed by atoms with E-state index in [0.29, 0.717) is 11.1 Å². The molecule has 0 aromatic heterocycles. The van der Waals surface area contributed by atoms with E-state index in [1.807, 2.05) is 18.2 Å². The number of carbonyl (C=O) groups is 1.